The van der Waals surface area contributed by atoms with Crippen molar-refractivity contribution in [3.8, 4) is 0 Å². The summed E-state index contributed by atoms with van der Waals surface area (Å²) in [6, 6.07) is 20.5. The first kappa shape index (κ1) is 21.5. The van der Waals surface area contributed by atoms with Crippen molar-refractivity contribution >= 4 is 21.6 Å². The van der Waals surface area contributed by atoms with Crippen LogP contribution in [-0.4, -0.2) is 21.4 Å². The Hall–Kier alpha value is -3.19. The van der Waals surface area contributed by atoms with Gasteiger partial charge < -0.3 is 5.32 Å². The second-order valence-corrected chi connectivity index (χ2v) is 8.79. The number of nitrogens with zero attached hydrogens (tertiary/aromatic N) is 1. The van der Waals surface area contributed by atoms with Gasteiger partial charge in [-0.05, 0) is 54.4 Å². The zero-order chi connectivity index (χ0) is 21.7. The predicted molar refractivity (Wildman–Crippen MR) is 115 cm³/mol. The van der Waals surface area contributed by atoms with Gasteiger partial charge in [0.15, 0.2) is 0 Å². The summed E-state index contributed by atoms with van der Waals surface area (Å²) in [7, 11) is -2.53. The van der Waals surface area contributed by atoms with Crippen molar-refractivity contribution in [2.75, 3.05) is 11.4 Å². The molecule has 0 bridgehead atoms. The average Bonchev–Trinajstić information content (AvgIpc) is 2.78. The minimum Gasteiger partial charge on any atom is -0.345 e. The molecule has 1 amide bonds. The third-order valence-electron chi connectivity index (χ3n) is 4.86. The molecule has 0 heterocycles. The van der Waals surface area contributed by atoms with Gasteiger partial charge in [0.1, 0.15) is 5.82 Å². The van der Waals surface area contributed by atoms with Gasteiger partial charge in [-0.3, -0.25) is 9.10 Å². The van der Waals surface area contributed by atoms with Crippen molar-refractivity contribution in [1.29, 1.82) is 0 Å². The van der Waals surface area contributed by atoms with Crippen LogP contribution in [0.15, 0.2) is 83.8 Å². The van der Waals surface area contributed by atoms with Gasteiger partial charge in [-0.15, -0.1) is 0 Å². The zero-order valence-electron chi connectivity index (χ0n) is 16.7. The van der Waals surface area contributed by atoms with Crippen LogP contribution in [0.3, 0.4) is 0 Å². The molecule has 3 aromatic carbocycles. The maximum absolute atomic E-state index is 13.2. The molecule has 0 aliphatic rings. The van der Waals surface area contributed by atoms with Crippen molar-refractivity contribution in [2.24, 2.45) is 0 Å². The van der Waals surface area contributed by atoms with E-state index in [1.165, 1.54) is 49.5 Å². The summed E-state index contributed by atoms with van der Waals surface area (Å²) in [4.78, 5) is 12.8. The Labute approximate surface area is 176 Å². The number of nitrogens with one attached hydrogen (secondary N) is 1. The average molecular weight is 427 g/mol. The molecule has 0 aliphatic carbocycles. The highest BCUT2D eigenvalue weighted by Crippen LogP contribution is 2.23. The minimum absolute atomic E-state index is 0.0188. The van der Waals surface area contributed by atoms with Crippen molar-refractivity contribution in [3.63, 3.8) is 0 Å². The zero-order valence-corrected chi connectivity index (χ0v) is 17.6. The standard InChI is InChI=1S/C23H23FN2O3S/c1-3-22(17-8-5-4-6-9-17)25-23(27)18-10-7-11-21(16-18)30(28,29)26(2)20-14-12-19(24)13-15-20/h4-16,22H,3H2,1-2H3,(H,25,27). The van der Waals surface area contributed by atoms with E-state index < -0.39 is 15.8 Å². The van der Waals surface area contributed by atoms with Crippen molar-refractivity contribution in [3.05, 3.63) is 95.8 Å². The molecule has 156 valence electrons. The quantitative estimate of drug-likeness (QED) is 0.604. The van der Waals surface area contributed by atoms with E-state index in [1.54, 1.807) is 6.07 Å². The number of carbonyl (C=O) groups is 1. The molecular formula is C23H23FN2O3S. The normalized spacial score (nSPS) is 12.2. The smallest absolute Gasteiger partial charge is 0.264 e. The number of benzene rings is 3. The highest BCUT2D eigenvalue weighted by atomic mass is 32.2. The van der Waals surface area contributed by atoms with E-state index in [0.29, 0.717) is 12.1 Å². The molecule has 5 nitrogen and oxygen atoms in total. The van der Waals surface area contributed by atoms with Gasteiger partial charge in [0.25, 0.3) is 15.9 Å². The van der Waals surface area contributed by atoms with Gasteiger partial charge in [-0.25, -0.2) is 12.8 Å². The van der Waals surface area contributed by atoms with Crippen molar-refractivity contribution in [2.45, 2.75) is 24.3 Å². The van der Waals surface area contributed by atoms with Crippen LogP contribution in [0.5, 0.6) is 0 Å². The van der Waals surface area contributed by atoms with E-state index >= 15 is 0 Å². The highest BCUT2D eigenvalue weighted by molar-refractivity contribution is 7.92. The van der Waals surface area contributed by atoms with Gasteiger partial charge in [0.2, 0.25) is 0 Å². The van der Waals surface area contributed by atoms with Gasteiger partial charge in [0, 0.05) is 12.6 Å². The molecule has 0 saturated carbocycles. The Bertz CT molecular complexity index is 1120. The molecule has 1 N–H and O–H groups in total. The van der Waals surface area contributed by atoms with Crippen LogP contribution >= 0.6 is 0 Å². The van der Waals surface area contributed by atoms with E-state index in [0.717, 1.165) is 9.87 Å². The molecule has 1 atom stereocenters. The summed E-state index contributed by atoms with van der Waals surface area (Å²) >= 11 is 0. The van der Waals surface area contributed by atoms with Crippen LogP contribution in [-0.2, 0) is 10.0 Å². The van der Waals surface area contributed by atoms with Crippen molar-refractivity contribution in [1.82, 2.24) is 5.32 Å². The maximum atomic E-state index is 13.2. The van der Waals surface area contributed by atoms with Crippen LogP contribution in [0.4, 0.5) is 10.1 Å². The van der Waals surface area contributed by atoms with E-state index in [1.807, 2.05) is 37.3 Å². The van der Waals surface area contributed by atoms with Crippen LogP contribution in [0, 0.1) is 5.82 Å². The molecule has 0 saturated heterocycles. The lowest BCUT2D eigenvalue weighted by atomic mass is 10.0. The molecule has 0 aromatic heterocycles. The first-order valence-electron chi connectivity index (χ1n) is 9.53. The van der Waals surface area contributed by atoms with Gasteiger partial charge in [-0.1, -0.05) is 43.3 Å². The number of rotatable bonds is 7. The predicted octanol–water partition coefficient (Wildman–Crippen LogP) is 4.53. The fourth-order valence-corrected chi connectivity index (χ4v) is 4.34. The summed E-state index contributed by atoms with van der Waals surface area (Å²) in [5.74, 6) is -0.806. The molecule has 7 heteroatoms. The molecule has 1 unspecified atom stereocenters. The van der Waals surface area contributed by atoms with Crippen LogP contribution in [0.25, 0.3) is 0 Å². The molecule has 3 aromatic rings. The monoisotopic (exact) mass is 426 g/mol. The molecule has 3 rings (SSSR count). The summed E-state index contributed by atoms with van der Waals surface area (Å²) in [5, 5.41) is 2.96. The van der Waals surface area contributed by atoms with Gasteiger partial charge in [-0.2, -0.15) is 0 Å². The number of hydrogen-bond donors (Lipinski definition) is 1. The SMILES string of the molecule is CCC(NC(=O)c1cccc(S(=O)(=O)N(C)c2ccc(F)cc2)c1)c1ccccc1. The lowest BCUT2D eigenvalue weighted by Gasteiger charge is -2.20. The Morgan fingerprint density at radius 2 is 1.67 bits per heavy atom. The summed E-state index contributed by atoms with van der Waals surface area (Å²) in [6.07, 6.45) is 0.695. The first-order chi connectivity index (χ1) is 14.3. The third-order valence-corrected chi connectivity index (χ3v) is 6.64. The van der Waals surface area contributed by atoms with E-state index in [9.17, 15) is 17.6 Å². The summed E-state index contributed by atoms with van der Waals surface area (Å²) in [6.45, 7) is 1.97. The Morgan fingerprint density at radius 1 is 1.00 bits per heavy atom. The molecule has 0 aliphatic heterocycles. The number of halogens is 1. The Morgan fingerprint density at radius 3 is 2.30 bits per heavy atom. The van der Waals surface area contributed by atoms with E-state index in [4.69, 9.17) is 0 Å². The first-order valence-corrected chi connectivity index (χ1v) is 11.0. The van der Waals surface area contributed by atoms with Crippen molar-refractivity contribution < 1.29 is 17.6 Å². The number of anilines is 1. The molecule has 0 radical (unpaired) electrons. The maximum Gasteiger partial charge on any atom is 0.264 e. The number of sulfonamides is 1. The lowest BCUT2D eigenvalue weighted by molar-refractivity contribution is 0.0935. The molecule has 0 spiro atoms. The number of carbonyl (C=O) groups excluding carboxylic acids is 1. The molecule has 30 heavy (non-hydrogen) atoms. The number of amides is 1. The number of hydrogen-bond acceptors (Lipinski definition) is 3. The second kappa shape index (κ2) is 9.09. The Balaban J connectivity index is 1.84. The van der Waals surface area contributed by atoms with E-state index in [2.05, 4.69) is 5.32 Å². The van der Waals surface area contributed by atoms with Gasteiger partial charge >= 0.3 is 0 Å². The largest absolute Gasteiger partial charge is 0.345 e. The molecular weight excluding hydrogens is 403 g/mol. The topological polar surface area (TPSA) is 66.5 Å². The van der Waals surface area contributed by atoms with Crippen LogP contribution < -0.4 is 9.62 Å². The van der Waals surface area contributed by atoms with Crippen LogP contribution in [0.1, 0.15) is 35.3 Å². The second-order valence-electron chi connectivity index (χ2n) is 6.82. The fourth-order valence-electron chi connectivity index (χ4n) is 3.09. The lowest BCUT2D eigenvalue weighted by Crippen LogP contribution is -2.29. The highest BCUT2D eigenvalue weighted by Gasteiger charge is 2.23. The summed E-state index contributed by atoms with van der Waals surface area (Å²) < 4.78 is 40.2. The van der Waals surface area contributed by atoms with E-state index in [-0.39, 0.29) is 22.4 Å². The summed E-state index contributed by atoms with van der Waals surface area (Å²) in [5.41, 5.74) is 1.55. The van der Waals surface area contributed by atoms with Gasteiger partial charge in [0.05, 0.1) is 16.6 Å². The Kier molecular flexibility index (Phi) is 6.52. The fraction of sp³-hybridized carbons (Fsp3) is 0.174. The minimum atomic E-state index is -3.92. The third kappa shape index (κ3) is 4.68. The molecule has 0 fully saturated rings. The van der Waals surface area contributed by atoms with Crippen LogP contribution in [0.2, 0.25) is 0 Å².